The largest absolute Gasteiger partial charge is 0.494 e. The molecular formula is C42H38N4O6. The van der Waals surface area contributed by atoms with Crippen molar-refractivity contribution < 1.29 is 28.7 Å². The predicted molar refractivity (Wildman–Crippen MR) is 197 cm³/mol. The second-order valence-corrected chi connectivity index (χ2v) is 12.6. The Labute approximate surface area is 301 Å². The van der Waals surface area contributed by atoms with Crippen LogP contribution in [0.15, 0.2) is 109 Å². The fourth-order valence-electron chi connectivity index (χ4n) is 5.71. The van der Waals surface area contributed by atoms with Crippen molar-refractivity contribution in [3.05, 3.63) is 154 Å². The van der Waals surface area contributed by atoms with E-state index in [1.165, 1.54) is 13.8 Å². The molecule has 4 aromatic carbocycles. The van der Waals surface area contributed by atoms with E-state index in [0.717, 1.165) is 35.3 Å². The summed E-state index contributed by atoms with van der Waals surface area (Å²) in [6, 6.07) is 29.0. The van der Waals surface area contributed by atoms with Crippen LogP contribution in [0.2, 0.25) is 0 Å². The zero-order chi connectivity index (χ0) is 36.8. The van der Waals surface area contributed by atoms with Crippen LogP contribution in [0.3, 0.4) is 0 Å². The molecule has 0 unspecified atom stereocenters. The Kier molecular flexibility index (Phi) is 10.6. The highest BCUT2D eigenvalue weighted by atomic mass is 16.5. The standard InChI is InChI=1S/C42H38N4O6/c1-27-9-7-11-33(23-27)45-25-37(39(43-45)29(3)47)41(49)31-13-17-35(18-14-31)51-21-5-6-22-52-36-19-15-32(16-20-36)42(50)38-26-46(44-40(38)30(4)48)34-12-8-10-28(2)24-34/h7-20,23-26H,5-6,21-22H2,1-4H3. The molecule has 0 saturated carbocycles. The third kappa shape index (κ3) is 8.13. The molecule has 6 aromatic rings. The van der Waals surface area contributed by atoms with E-state index in [9.17, 15) is 19.2 Å². The minimum absolute atomic E-state index is 0.129. The molecule has 262 valence electrons. The summed E-state index contributed by atoms with van der Waals surface area (Å²) in [6.45, 7) is 7.64. The van der Waals surface area contributed by atoms with Gasteiger partial charge in [0, 0.05) is 37.4 Å². The van der Waals surface area contributed by atoms with Crippen LogP contribution in [0.25, 0.3) is 11.4 Å². The van der Waals surface area contributed by atoms with Gasteiger partial charge in [-0.2, -0.15) is 10.2 Å². The van der Waals surface area contributed by atoms with Gasteiger partial charge in [-0.05, 0) is 111 Å². The van der Waals surface area contributed by atoms with Gasteiger partial charge in [0.05, 0.1) is 35.7 Å². The number of carbonyl (C=O) groups is 4. The van der Waals surface area contributed by atoms with Crippen molar-refractivity contribution in [3.63, 3.8) is 0 Å². The Morgan fingerprint density at radius 1 is 0.558 bits per heavy atom. The molecule has 2 heterocycles. The SMILES string of the molecule is CC(=O)c1nn(-c2cccc(C)c2)cc1C(=O)c1ccc(OCCCCOc2ccc(C(=O)c3cn(-c4cccc(C)c4)nc3C(C)=O)cc2)cc1. The van der Waals surface area contributed by atoms with Gasteiger partial charge in [-0.25, -0.2) is 9.36 Å². The van der Waals surface area contributed by atoms with E-state index in [-0.39, 0.29) is 45.6 Å². The number of aromatic nitrogens is 4. The van der Waals surface area contributed by atoms with E-state index < -0.39 is 0 Å². The molecule has 0 aliphatic carbocycles. The number of hydrogen-bond acceptors (Lipinski definition) is 8. The first-order valence-electron chi connectivity index (χ1n) is 17.0. The summed E-state index contributed by atoms with van der Waals surface area (Å²) >= 11 is 0. The van der Waals surface area contributed by atoms with Gasteiger partial charge in [0.1, 0.15) is 22.9 Å². The first kappa shape index (κ1) is 35.4. The highest BCUT2D eigenvalue weighted by Gasteiger charge is 2.23. The predicted octanol–water partition coefficient (Wildman–Crippen LogP) is 7.78. The van der Waals surface area contributed by atoms with Gasteiger partial charge in [-0.15, -0.1) is 0 Å². The molecule has 0 aliphatic heterocycles. The van der Waals surface area contributed by atoms with Gasteiger partial charge < -0.3 is 9.47 Å². The fraction of sp³-hybridized carbons (Fsp3) is 0.190. The van der Waals surface area contributed by atoms with Crippen LogP contribution in [0.4, 0.5) is 0 Å². The van der Waals surface area contributed by atoms with Crippen LogP contribution in [0.5, 0.6) is 11.5 Å². The van der Waals surface area contributed by atoms with Crippen LogP contribution < -0.4 is 9.47 Å². The number of unbranched alkanes of at least 4 members (excludes halogenated alkanes) is 1. The molecule has 0 bridgehead atoms. The molecule has 0 saturated heterocycles. The molecule has 0 spiro atoms. The third-order valence-corrected chi connectivity index (χ3v) is 8.43. The minimum Gasteiger partial charge on any atom is -0.494 e. The van der Waals surface area contributed by atoms with Crippen LogP contribution in [0, 0.1) is 13.8 Å². The normalized spacial score (nSPS) is 10.9. The molecule has 0 fully saturated rings. The van der Waals surface area contributed by atoms with Gasteiger partial charge in [-0.3, -0.25) is 19.2 Å². The van der Waals surface area contributed by atoms with Crippen molar-refractivity contribution in [3.8, 4) is 22.9 Å². The van der Waals surface area contributed by atoms with Gasteiger partial charge in [0.15, 0.2) is 23.1 Å². The highest BCUT2D eigenvalue weighted by molar-refractivity contribution is 6.15. The Bertz CT molecular complexity index is 2100. The number of aryl methyl sites for hydroxylation is 2. The Morgan fingerprint density at radius 3 is 1.29 bits per heavy atom. The van der Waals surface area contributed by atoms with Crippen LogP contribution in [-0.4, -0.2) is 55.9 Å². The minimum atomic E-state index is -0.291. The summed E-state index contributed by atoms with van der Waals surface area (Å²) in [7, 11) is 0. The number of rotatable bonds is 15. The molecule has 2 aromatic heterocycles. The molecular weight excluding hydrogens is 656 g/mol. The molecule has 0 atom stereocenters. The summed E-state index contributed by atoms with van der Waals surface area (Å²) in [5.41, 5.74) is 5.23. The quantitative estimate of drug-likeness (QED) is 0.0789. The lowest BCUT2D eigenvalue weighted by Gasteiger charge is -2.09. The fourth-order valence-corrected chi connectivity index (χ4v) is 5.71. The van der Waals surface area contributed by atoms with Crippen LogP contribution in [-0.2, 0) is 0 Å². The third-order valence-electron chi connectivity index (χ3n) is 8.43. The van der Waals surface area contributed by atoms with Crippen molar-refractivity contribution in [1.82, 2.24) is 19.6 Å². The molecule has 0 N–H and O–H groups in total. The summed E-state index contributed by atoms with van der Waals surface area (Å²) in [5, 5.41) is 8.79. The Hall–Kier alpha value is -6.42. The number of Topliss-reactive ketones (excluding diaryl/α,β-unsaturated/α-hetero) is 2. The second-order valence-electron chi connectivity index (χ2n) is 12.6. The monoisotopic (exact) mass is 694 g/mol. The molecule has 10 heteroatoms. The first-order chi connectivity index (χ1) is 25.1. The van der Waals surface area contributed by atoms with Crippen molar-refractivity contribution in [2.24, 2.45) is 0 Å². The maximum absolute atomic E-state index is 13.4. The van der Waals surface area contributed by atoms with Crippen molar-refractivity contribution in [1.29, 1.82) is 0 Å². The Balaban J connectivity index is 0.978. The summed E-state index contributed by atoms with van der Waals surface area (Å²) in [4.78, 5) is 51.4. The van der Waals surface area contributed by atoms with Gasteiger partial charge in [0.2, 0.25) is 0 Å². The Morgan fingerprint density at radius 2 is 0.942 bits per heavy atom. The number of hydrogen-bond donors (Lipinski definition) is 0. The summed E-state index contributed by atoms with van der Waals surface area (Å²) in [6.07, 6.45) is 4.67. The lowest BCUT2D eigenvalue weighted by atomic mass is 10.0. The molecule has 0 aliphatic rings. The van der Waals surface area contributed by atoms with Crippen LogP contribution >= 0.6 is 0 Å². The van der Waals surface area contributed by atoms with E-state index in [1.807, 2.05) is 62.4 Å². The average Bonchev–Trinajstić information content (AvgIpc) is 3.80. The lowest BCUT2D eigenvalue weighted by Crippen LogP contribution is -2.07. The first-order valence-corrected chi connectivity index (χ1v) is 17.0. The van der Waals surface area contributed by atoms with Gasteiger partial charge >= 0.3 is 0 Å². The van der Waals surface area contributed by atoms with E-state index in [2.05, 4.69) is 10.2 Å². The van der Waals surface area contributed by atoms with Crippen molar-refractivity contribution in [2.75, 3.05) is 13.2 Å². The number of nitrogens with zero attached hydrogens (tertiary/aromatic N) is 4. The number of benzene rings is 4. The summed E-state index contributed by atoms with van der Waals surface area (Å²) < 4.78 is 14.9. The topological polar surface area (TPSA) is 122 Å². The van der Waals surface area contributed by atoms with E-state index >= 15 is 0 Å². The lowest BCUT2D eigenvalue weighted by molar-refractivity contribution is 0.0986. The number of ketones is 4. The van der Waals surface area contributed by atoms with Crippen molar-refractivity contribution in [2.45, 2.75) is 40.5 Å². The number of carbonyl (C=O) groups excluding carboxylic acids is 4. The molecule has 0 amide bonds. The molecule has 52 heavy (non-hydrogen) atoms. The van der Waals surface area contributed by atoms with Gasteiger partial charge in [0.25, 0.3) is 0 Å². The molecule has 0 radical (unpaired) electrons. The molecule has 10 nitrogen and oxygen atoms in total. The average molecular weight is 695 g/mol. The number of ether oxygens (including phenoxy) is 2. The van der Waals surface area contributed by atoms with E-state index in [1.54, 1.807) is 70.3 Å². The zero-order valence-electron chi connectivity index (χ0n) is 29.5. The zero-order valence-corrected chi connectivity index (χ0v) is 29.5. The smallest absolute Gasteiger partial charge is 0.196 e. The van der Waals surface area contributed by atoms with E-state index in [0.29, 0.717) is 35.8 Å². The maximum atomic E-state index is 13.4. The highest BCUT2D eigenvalue weighted by Crippen LogP contribution is 2.22. The van der Waals surface area contributed by atoms with Gasteiger partial charge in [-0.1, -0.05) is 24.3 Å². The molecule has 6 rings (SSSR count). The van der Waals surface area contributed by atoms with E-state index in [4.69, 9.17) is 9.47 Å². The maximum Gasteiger partial charge on any atom is 0.196 e. The summed E-state index contributed by atoms with van der Waals surface area (Å²) in [5.74, 6) is 0.0949. The van der Waals surface area contributed by atoms with Crippen molar-refractivity contribution >= 4 is 23.1 Å². The van der Waals surface area contributed by atoms with Crippen LogP contribution in [0.1, 0.15) is 90.6 Å². The second kappa shape index (κ2) is 15.6.